The average molecular weight is 324 g/mol. The van der Waals surface area contributed by atoms with Crippen molar-refractivity contribution in [1.82, 2.24) is 0 Å². The minimum Gasteiger partial charge on any atom is -0.466 e. The van der Waals surface area contributed by atoms with E-state index in [-0.39, 0.29) is 17.2 Å². The lowest BCUT2D eigenvalue weighted by Gasteiger charge is -2.29. The fourth-order valence-corrected chi connectivity index (χ4v) is 4.25. The predicted octanol–water partition coefficient (Wildman–Crippen LogP) is 3.72. The molecule has 5 heteroatoms. The predicted molar refractivity (Wildman–Crippen MR) is 88.3 cm³/mol. The highest BCUT2D eigenvalue weighted by Gasteiger charge is 2.50. The highest BCUT2D eigenvalue weighted by Crippen LogP contribution is 2.57. The molecule has 0 N–H and O–H groups in total. The van der Waals surface area contributed by atoms with Gasteiger partial charge in [-0.05, 0) is 52.7 Å². The van der Waals surface area contributed by atoms with Crippen LogP contribution in [0.1, 0.15) is 46.6 Å². The van der Waals surface area contributed by atoms with Gasteiger partial charge in [0.25, 0.3) is 0 Å². The minimum atomic E-state index is -1.13. The molecule has 0 saturated carbocycles. The number of esters is 1. The van der Waals surface area contributed by atoms with Gasteiger partial charge in [-0.3, -0.25) is 4.79 Å². The molecule has 1 heterocycles. The molecule has 4 nitrogen and oxygen atoms in total. The number of benzene rings is 1. The van der Waals surface area contributed by atoms with Crippen molar-refractivity contribution < 1.29 is 18.6 Å². The standard InChI is InChI=1S/C17H25O4P/c1-6-19-15(18)12-11-13-9-7-8-10-14(13)22-20-16(2,3)17(4,5)21-22/h7-10H,6,11-12H2,1-5H3. The molecule has 0 spiro atoms. The van der Waals surface area contributed by atoms with E-state index in [1.54, 1.807) is 0 Å². The summed E-state index contributed by atoms with van der Waals surface area (Å²) >= 11 is 0. The van der Waals surface area contributed by atoms with Crippen LogP contribution in [0.3, 0.4) is 0 Å². The first-order valence-corrected chi connectivity index (χ1v) is 8.86. The lowest BCUT2D eigenvalue weighted by Crippen LogP contribution is -2.41. The number of carbonyl (C=O) groups excluding carboxylic acids is 1. The van der Waals surface area contributed by atoms with E-state index in [2.05, 4.69) is 27.7 Å². The molecular weight excluding hydrogens is 299 g/mol. The highest BCUT2D eigenvalue weighted by atomic mass is 31.2. The van der Waals surface area contributed by atoms with Crippen molar-refractivity contribution in [3.63, 3.8) is 0 Å². The first-order valence-electron chi connectivity index (χ1n) is 7.69. The summed E-state index contributed by atoms with van der Waals surface area (Å²) in [5.41, 5.74) is 0.412. The highest BCUT2D eigenvalue weighted by molar-refractivity contribution is 7.56. The smallest absolute Gasteiger partial charge is 0.306 e. The molecule has 1 aromatic carbocycles. The first-order chi connectivity index (χ1) is 10.3. The Hall–Kier alpha value is -0.960. The second-order valence-corrected chi connectivity index (χ2v) is 7.76. The van der Waals surface area contributed by atoms with Crippen molar-refractivity contribution in [2.45, 2.75) is 58.7 Å². The summed E-state index contributed by atoms with van der Waals surface area (Å²) in [4.78, 5) is 11.6. The maximum Gasteiger partial charge on any atom is 0.306 e. The fraction of sp³-hybridized carbons (Fsp3) is 0.588. The van der Waals surface area contributed by atoms with Crippen LogP contribution in [-0.4, -0.2) is 23.8 Å². The molecule has 22 heavy (non-hydrogen) atoms. The summed E-state index contributed by atoms with van der Waals surface area (Å²) in [6, 6.07) is 8.02. The Kier molecular flexibility index (Phi) is 5.26. The second-order valence-electron chi connectivity index (χ2n) is 6.39. The van der Waals surface area contributed by atoms with Crippen molar-refractivity contribution in [2.75, 3.05) is 6.61 Å². The average Bonchev–Trinajstić information content (AvgIpc) is 2.66. The van der Waals surface area contributed by atoms with Crippen LogP contribution in [0, 0.1) is 0 Å². The van der Waals surface area contributed by atoms with E-state index in [0.717, 1.165) is 10.9 Å². The molecule has 0 atom stereocenters. The zero-order valence-corrected chi connectivity index (χ0v) is 14.9. The van der Waals surface area contributed by atoms with Gasteiger partial charge in [0.1, 0.15) is 0 Å². The molecule has 122 valence electrons. The molecule has 1 aromatic rings. The SMILES string of the molecule is CCOC(=O)CCc1ccccc1P1OC(C)(C)C(C)(C)O1. The van der Waals surface area contributed by atoms with Crippen molar-refractivity contribution in [2.24, 2.45) is 0 Å². The van der Waals surface area contributed by atoms with Crippen LogP contribution in [0.25, 0.3) is 0 Å². The Labute approximate surface area is 134 Å². The van der Waals surface area contributed by atoms with Crippen molar-refractivity contribution >= 4 is 19.6 Å². The third kappa shape index (κ3) is 3.68. The van der Waals surface area contributed by atoms with Gasteiger partial charge >= 0.3 is 5.97 Å². The minimum absolute atomic E-state index is 0.168. The van der Waals surface area contributed by atoms with Gasteiger partial charge in [-0.25, -0.2) is 0 Å². The van der Waals surface area contributed by atoms with Crippen molar-refractivity contribution in [3.8, 4) is 0 Å². The molecule has 0 amide bonds. The van der Waals surface area contributed by atoms with E-state index in [0.29, 0.717) is 19.4 Å². The molecule has 0 aliphatic carbocycles. The number of rotatable bonds is 5. The molecule has 0 bridgehead atoms. The van der Waals surface area contributed by atoms with Gasteiger partial charge in [0, 0.05) is 11.7 Å². The topological polar surface area (TPSA) is 44.8 Å². The van der Waals surface area contributed by atoms with Crippen LogP contribution in [-0.2, 0) is 25.0 Å². The van der Waals surface area contributed by atoms with E-state index in [1.165, 1.54) is 0 Å². The maximum atomic E-state index is 11.6. The number of carbonyl (C=O) groups is 1. The summed E-state index contributed by atoms with van der Waals surface area (Å²) in [5, 5.41) is 1.06. The van der Waals surface area contributed by atoms with Gasteiger partial charge in [-0.2, -0.15) is 0 Å². The van der Waals surface area contributed by atoms with Gasteiger partial charge in [0.2, 0.25) is 8.38 Å². The van der Waals surface area contributed by atoms with E-state index < -0.39 is 8.38 Å². The van der Waals surface area contributed by atoms with Crippen molar-refractivity contribution in [1.29, 1.82) is 0 Å². The molecule has 1 saturated heterocycles. The number of aryl methyl sites for hydroxylation is 1. The van der Waals surface area contributed by atoms with Crippen molar-refractivity contribution in [3.05, 3.63) is 29.8 Å². The van der Waals surface area contributed by atoms with E-state index in [1.807, 2.05) is 31.2 Å². The molecule has 0 radical (unpaired) electrons. The summed E-state index contributed by atoms with van der Waals surface area (Å²) in [5.74, 6) is -0.168. The molecule has 1 aliphatic heterocycles. The fourth-order valence-electron chi connectivity index (χ4n) is 2.12. The third-order valence-electron chi connectivity index (χ3n) is 4.16. The van der Waals surface area contributed by atoms with Crippen LogP contribution in [0.4, 0.5) is 0 Å². The van der Waals surface area contributed by atoms with Gasteiger partial charge in [-0.1, -0.05) is 18.2 Å². The summed E-state index contributed by atoms with van der Waals surface area (Å²) < 4.78 is 17.3. The molecule has 1 fully saturated rings. The quantitative estimate of drug-likeness (QED) is 0.611. The third-order valence-corrected chi connectivity index (χ3v) is 6.24. The molecule has 2 rings (SSSR count). The summed E-state index contributed by atoms with van der Waals surface area (Å²) in [6.07, 6.45) is 1.02. The zero-order valence-electron chi connectivity index (χ0n) is 14.0. The van der Waals surface area contributed by atoms with Crippen LogP contribution in [0.5, 0.6) is 0 Å². The van der Waals surface area contributed by atoms with Crippen LogP contribution >= 0.6 is 8.38 Å². The van der Waals surface area contributed by atoms with Gasteiger partial charge < -0.3 is 13.8 Å². The Morgan fingerprint density at radius 1 is 1.14 bits per heavy atom. The number of hydrogen-bond donors (Lipinski definition) is 0. The second kappa shape index (κ2) is 6.66. The van der Waals surface area contributed by atoms with Gasteiger partial charge in [-0.15, -0.1) is 0 Å². The van der Waals surface area contributed by atoms with Gasteiger partial charge in [0.05, 0.1) is 17.8 Å². The van der Waals surface area contributed by atoms with Crippen LogP contribution < -0.4 is 5.30 Å². The summed E-state index contributed by atoms with van der Waals surface area (Å²) in [7, 11) is -1.13. The molecular formula is C17H25O4P. The number of hydrogen-bond acceptors (Lipinski definition) is 4. The number of ether oxygens (including phenoxy) is 1. The molecule has 0 aromatic heterocycles. The van der Waals surface area contributed by atoms with E-state index >= 15 is 0 Å². The lowest BCUT2D eigenvalue weighted by molar-refractivity contribution is -0.143. The largest absolute Gasteiger partial charge is 0.466 e. The Balaban J connectivity index is 2.14. The zero-order chi connectivity index (χ0) is 16.4. The lowest BCUT2D eigenvalue weighted by atomic mass is 9.90. The normalized spacial score (nSPS) is 20.0. The Bertz CT molecular complexity index is 523. The first kappa shape index (κ1) is 17.4. The molecule has 1 aliphatic rings. The van der Waals surface area contributed by atoms with Crippen LogP contribution in [0.15, 0.2) is 24.3 Å². The molecule has 0 unspecified atom stereocenters. The Morgan fingerprint density at radius 2 is 1.73 bits per heavy atom. The Morgan fingerprint density at radius 3 is 2.32 bits per heavy atom. The monoisotopic (exact) mass is 324 g/mol. The van der Waals surface area contributed by atoms with Crippen LogP contribution in [0.2, 0.25) is 0 Å². The van der Waals surface area contributed by atoms with Gasteiger partial charge in [0.15, 0.2) is 0 Å². The van der Waals surface area contributed by atoms with E-state index in [4.69, 9.17) is 13.8 Å². The van der Waals surface area contributed by atoms with E-state index in [9.17, 15) is 4.79 Å². The maximum absolute atomic E-state index is 11.6. The summed E-state index contributed by atoms with van der Waals surface area (Å²) in [6.45, 7) is 10.4.